The fraction of sp³-hybridized carbons (Fsp3) is 0.455. The maximum absolute atomic E-state index is 13.5. The van der Waals surface area contributed by atoms with Crippen molar-refractivity contribution in [2.24, 2.45) is 11.7 Å². The molecule has 1 aliphatic rings. The van der Waals surface area contributed by atoms with Crippen molar-refractivity contribution < 1.29 is 9.31 Å². The Labute approximate surface area is 92.4 Å². The van der Waals surface area contributed by atoms with Crippen molar-refractivity contribution in [3.8, 4) is 0 Å². The van der Waals surface area contributed by atoms with Crippen LogP contribution in [0.5, 0.6) is 0 Å². The Bertz CT molecular complexity index is 418. The Balaban J connectivity index is 2.30. The van der Waals surface area contributed by atoms with Gasteiger partial charge < -0.3 is 5.73 Å². The quantitative estimate of drug-likeness (QED) is 0.633. The van der Waals surface area contributed by atoms with E-state index in [1.54, 1.807) is 0 Å². The van der Waals surface area contributed by atoms with Gasteiger partial charge in [0.1, 0.15) is 5.82 Å². The number of rotatable bonds is 3. The summed E-state index contributed by atoms with van der Waals surface area (Å²) in [4.78, 5) is 10.1. The van der Waals surface area contributed by atoms with Gasteiger partial charge in [-0.3, -0.25) is 10.1 Å². The lowest BCUT2D eigenvalue weighted by molar-refractivity contribution is -0.385. The van der Waals surface area contributed by atoms with Gasteiger partial charge in [0.2, 0.25) is 0 Å². The van der Waals surface area contributed by atoms with Gasteiger partial charge in [0.05, 0.1) is 4.92 Å². The summed E-state index contributed by atoms with van der Waals surface area (Å²) in [6, 6.07) is 3.10. The molecule has 0 amide bonds. The first kappa shape index (κ1) is 11.0. The van der Waals surface area contributed by atoms with E-state index in [2.05, 4.69) is 0 Å². The van der Waals surface area contributed by atoms with Crippen molar-refractivity contribution >= 4 is 5.69 Å². The second kappa shape index (κ2) is 4.17. The fourth-order valence-electron chi connectivity index (χ4n) is 1.95. The predicted molar refractivity (Wildman–Crippen MR) is 57.3 cm³/mol. The van der Waals surface area contributed by atoms with E-state index >= 15 is 0 Å². The molecular formula is C11H13FN2O2. The summed E-state index contributed by atoms with van der Waals surface area (Å²) < 4.78 is 13.5. The van der Waals surface area contributed by atoms with Crippen LogP contribution in [0.15, 0.2) is 18.2 Å². The molecule has 0 unspecified atom stereocenters. The van der Waals surface area contributed by atoms with Gasteiger partial charge >= 0.3 is 0 Å². The fourth-order valence-corrected chi connectivity index (χ4v) is 1.95. The van der Waals surface area contributed by atoms with Gasteiger partial charge in [-0.1, -0.05) is 6.42 Å². The lowest BCUT2D eigenvalue weighted by Gasteiger charge is -2.31. The van der Waals surface area contributed by atoms with E-state index in [9.17, 15) is 14.5 Å². The summed E-state index contributed by atoms with van der Waals surface area (Å²) in [5, 5.41) is 10.6. The van der Waals surface area contributed by atoms with Crippen LogP contribution in [0.4, 0.5) is 10.1 Å². The molecule has 1 aromatic rings. The number of benzene rings is 1. The average molecular weight is 224 g/mol. The van der Waals surface area contributed by atoms with E-state index in [0.29, 0.717) is 0 Å². The minimum Gasteiger partial charge on any atom is -0.324 e. The third-order valence-electron chi connectivity index (χ3n) is 3.21. The highest BCUT2D eigenvalue weighted by Gasteiger charge is 2.28. The molecule has 1 fully saturated rings. The molecule has 1 atom stereocenters. The number of non-ortho nitro benzene ring substituents is 1. The normalized spacial score (nSPS) is 17.9. The Morgan fingerprint density at radius 2 is 2.19 bits per heavy atom. The molecule has 2 rings (SSSR count). The Morgan fingerprint density at radius 3 is 2.69 bits per heavy atom. The Morgan fingerprint density at radius 1 is 1.50 bits per heavy atom. The first-order valence-corrected chi connectivity index (χ1v) is 5.29. The molecule has 1 aromatic carbocycles. The zero-order chi connectivity index (χ0) is 11.7. The van der Waals surface area contributed by atoms with Crippen LogP contribution in [0.25, 0.3) is 0 Å². The second-order valence-corrected chi connectivity index (χ2v) is 4.18. The maximum atomic E-state index is 13.5. The van der Waals surface area contributed by atoms with Crippen molar-refractivity contribution in [1.29, 1.82) is 0 Å². The average Bonchev–Trinajstić information content (AvgIpc) is 2.15. The molecule has 2 N–H and O–H groups in total. The summed E-state index contributed by atoms with van der Waals surface area (Å²) in [5.74, 6) is -0.193. The van der Waals surface area contributed by atoms with Crippen molar-refractivity contribution in [3.05, 3.63) is 39.7 Å². The molecular weight excluding hydrogens is 211 g/mol. The molecule has 0 radical (unpaired) electrons. The lowest BCUT2D eigenvalue weighted by Crippen LogP contribution is -2.27. The van der Waals surface area contributed by atoms with Crippen LogP contribution in [0.2, 0.25) is 0 Å². The van der Waals surface area contributed by atoms with Crippen LogP contribution in [-0.4, -0.2) is 4.92 Å². The Kier molecular flexibility index (Phi) is 2.87. The van der Waals surface area contributed by atoms with Crippen LogP contribution in [0.1, 0.15) is 30.9 Å². The van der Waals surface area contributed by atoms with E-state index < -0.39 is 16.8 Å². The molecule has 0 aromatic heterocycles. The summed E-state index contributed by atoms with van der Waals surface area (Å²) in [6.45, 7) is 0. The minimum atomic E-state index is -0.531. The van der Waals surface area contributed by atoms with Crippen LogP contribution in [0, 0.1) is 21.8 Å². The topological polar surface area (TPSA) is 69.2 Å². The molecule has 0 heterocycles. The molecule has 0 saturated heterocycles. The van der Waals surface area contributed by atoms with E-state index in [0.717, 1.165) is 31.4 Å². The lowest BCUT2D eigenvalue weighted by atomic mass is 9.77. The second-order valence-electron chi connectivity index (χ2n) is 4.18. The highest BCUT2D eigenvalue weighted by atomic mass is 19.1. The Hall–Kier alpha value is -1.49. The van der Waals surface area contributed by atoms with E-state index in [1.165, 1.54) is 6.07 Å². The predicted octanol–water partition coefficient (Wildman–Crippen LogP) is 2.53. The van der Waals surface area contributed by atoms with Gasteiger partial charge in [-0.25, -0.2) is 4.39 Å². The molecule has 0 bridgehead atoms. The molecule has 4 nitrogen and oxygen atoms in total. The van der Waals surface area contributed by atoms with Crippen LogP contribution in [0.3, 0.4) is 0 Å². The molecule has 0 aliphatic heterocycles. The van der Waals surface area contributed by atoms with Gasteiger partial charge in [0.15, 0.2) is 0 Å². The number of hydrogen-bond acceptors (Lipinski definition) is 3. The molecule has 1 saturated carbocycles. The van der Waals surface area contributed by atoms with Gasteiger partial charge in [-0.15, -0.1) is 0 Å². The first-order valence-electron chi connectivity index (χ1n) is 5.29. The number of nitrogens with zero attached hydrogens (tertiary/aromatic N) is 1. The highest BCUT2D eigenvalue weighted by molar-refractivity contribution is 5.37. The molecule has 1 aliphatic carbocycles. The minimum absolute atomic E-state index is 0.105. The van der Waals surface area contributed by atoms with Gasteiger partial charge in [-0.05, 0) is 24.8 Å². The van der Waals surface area contributed by atoms with Crippen LogP contribution >= 0.6 is 0 Å². The first-order chi connectivity index (χ1) is 7.59. The van der Waals surface area contributed by atoms with Gasteiger partial charge in [-0.2, -0.15) is 0 Å². The van der Waals surface area contributed by atoms with E-state index in [-0.39, 0.29) is 17.2 Å². The summed E-state index contributed by atoms with van der Waals surface area (Å²) >= 11 is 0. The van der Waals surface area contributed by atoms with E-state index in [1.807, 2.05) is 0 Å². The number of hydrogen-bond donors (Lipinski definition) is 1. The molecule has 0 spiro atoms. The van der Waals surface area contributed by atoms with Gasteiger partial charge in [0, 0.05) is 23.7 Å². The number of halogens is 1. The summed E-state index contributed by atoms with van der Waals surface area (Å²) in [7, 11) is 0. The van der Waals surface area contributed by atoms with Gasteiger partial charge in [0.25, 0.3) is 5.69 Å². The zero-order valence-electron chi connectivity index (χ0n) is 8.73. The smallest absolute Gasteiger partial charge is 0.269 e. The van der Waals surface area contributed by atoms with Crippen molar-refractivity contribution in [3.63, 3.8) is 0 Å². The molecule has 5 heteroatoms. The van der Waals surface area contributed by atoms with Crippen LogP contribution < -0.4 is 5.73 Å². The largest absolute Gasteiger partial charge is 0.324 e. The number of nitro groups is 1. The molecule has 16 heavy (non-hydrogen) atoms. The number of nitrogens with two attached hydrogens (primary N) is 1. The van der Waals surface area contributed by atoms with Crippen LogP contribution in [-0.2, 0) is 0 Å². The van der Waals surface area contributed by atoms with Crippen molar-refractivity contribution in [2.45, 2.75) is 25.3 Å². The monoisotopic (exact) mass is 224 g/mol. The standard InChI is InChI=1S/C11H13FN2O2/c12-10-5-4-8(14(15)16)6-9(10)11(13)7-2-1-3-7/h4-7,11H,1-3,13H2/t11-/m1/s1. The third-order valence-corrected chi connectivity index (χ3v) is 3.21. The van der Waals surface area contributed by atoms with Crippen molar-refractivity contribution in [2.75, 3.05) is 0 Å². The van der Waals surface area contributed by atoms with E-state index in [4.69, 9.17) is 5.73 Å². The summed E-state index contributed by atoms with van der Waals surface area (Å²) in [6.07, 6.45) is 3.06. The zero-order valence-corrected chi connectivity index (χ0v) is 8.73. The molecule has 86 valence electrons. The summed E-state index contributed by atoms with van der Waals surface area (Å²) in [5.41, 5.74) is 6.07. The number of nitro benzene ring substituents is 1. The maximum Gasteiger partial charge on any atom is 0.269 e. The third kappa shape index (κ3) is 1.90. The van der Waals surface area contributed by atoms with Crippen molar-refractivity contribution in [1.82, 2.24) is 0 Å². The SMILES string of the molecule is N[C@@H](c1cc([N+](=O)[O-])ccc1F)C1CCC1. The highest BCUT2D eigenvalue weighted by Crippen LogP contribution is 2.37.